The SMILES string of the molecule is O=C(N[C@@H](c1ccc(F)cc1)c1cccs1)[C@@H]1CC(=O)N(c2ccc3c(c2)OCCO3)C1. The van der Waals surface area contributed by atoms with Gasteiger partial charge in [-0.15, -0.1) is 11.3 Å². The van der Waals surface area contributed by atoms with Crippen molar-refractivity contribution < 1.29 is 23.5 Å². The van der Waals surface area contributed by atoms with Crippen molar-refractivity contribution in [3.63, 3.8) is 0 Å². The van der Waals surface area contributed by atoms with Crippen LogP contribution in [0.3, 0.4) is 0 Å². The predicted molar refractivity (Wildman–Crippen MR) is 119 cm³/mol. The molecule has 2 aliphatic rings. The molecule has 1 fully saturated rings. The van der Waals surface area contributed by atoms with Crippen molar-refractivity contribution in [2.75, 3.05) is 24.7 Å². The molecule has 0 unspecified atom stereocenters. The minimum Gasteiger partial charge on any atom is -0.486 e. The Kier molecular flexibility index (Phi) is 5.53. The molecule has 1 N–H and O–H groups in total. The van der Waals surface area contributed by atoms with Crippen LogP contribution in [-0.4, -0.2) is 31.6 Å². The molecule has 2 aromatic carbocycles. The maximum absolute atomic E-state index is 13.4. The van der Waals surface area contributed by atoms with E-state index in [1.165, 1.54) is 23.5 Å². The van der Waals surface area contributed by atoms with Crippen molar-refractivity contribution in [3.8, 4) is 11.5 Å². The summed E-state index contributed by atoms with van der Waals surface area (Å²) in [7, 11) is 0. The van der Waals surface area contributed by atoms with E-state index in [2.05, 4.69) is 5.32 Å². The number of carbonyl (C=O) groups excluding carboxylic acids is 2. The van der Waals surface area contributed by atoms with Crippen LogP contribution in [0.15, 0.2) is 60.0 Å². The first-order valence-corrected chi connectivity index (χ1v) is 11.3. The Bertz CT molecular complexity index is 1130. The maximum atomic E-state index is 13.4. The van der Waals surface area contributed by atoms with E-state index in [0.717, 1.165) is 10.4 Å². The number of fused-ring (bicyclic) bond motifs is 1. The summed E-state index contributed by atoms with van der Waals surface area (Å²) < 4.78 is 24.6. The van der Waals surface area contributed by atoms with E-state index >= 15 is 0 Å². The van der Waals surface area contributed by atoms with E-state index in [9.17, 15) is 14.0 Å². The number of thiophene rings is 1. The van der Waals surface area contributed by atoms with Crippen LogP contribution in [0, 0.1) is 11.7 Å². The predicted octanol–water partition coefficient (Wildman–Crippen LogP) is 3.92. The molecule has 3 aromatic rings. The Morgan fingerprint density at radius 2 is 1.88 bits per heavy atom. The van der Waals surface area contributed by atoms with Crippen LogP contribution in [0.2, 0.25) is 0 Å². The average molecular weight is 453 g/mol. The number of nitrogens with zero attached hydrogens (tertiary/aromatic N) is 1. The number of ether oxygens (including phenoxy) is 2. The van der Waals surface area contributed by atoms with Gasteiger partial charge in [-0.1, -0.05) is 18.2 Å². The van der Waals surface area contributed by atoms with Gasteiger partial charge in [0.25, 0.3) is 0 Å². The van der Waals surface area contributed by atoms with Gasteiger partial charge in [0.2, 0.25) is 11.8 Å². The van der Waals surface area contributed by atoms with Gasteiger partial charge in [-0.25, -0.2) is 4.39 Å². The lowest BCUT2D eigenvalue weighted by molar-refractivity contribution is -0.126. The fourth-order valence-electron chi connectivity index (χ4n) is 4.02. The maximum Gasteiger partial charge on any atom is 0.227 e. The zero-order chi connectivity index (χ0) is 22.1. The Labute approximate surface area is 188 Å². The summed E-state index contributed by atoms with van der Waals surface area (Å²) in [4.78, 5) is 28.4. The number of hydrogen-bond acceptors (Lipinski definition) is 5. The largest absolute Gasteiger partial charge is 0.486 e. The van der Waals surface area contributed by atoms with Crippen molar-refractivity contribution in [1.29, 1.82) is 0 Å². The molecule has 164 valence electrons. The highest BCUT2D eigenvalue weighted by Crippen LogP contribution is 2.36. The minimum absolute atomic E-state index is 0.115. The number of nitrogens with one attached hydrogen (secondary N) is 1. The Balaban J connectivity index is 1.33. The summed E-state index contributed by atoms with van der Waals surface area (Å²) >= 11 is 1.51. The standard InChI is InChI=1S/C24H21FN2O4S/c25-17-5-3-15(4-6-17)23(21-2-1-11-32-21)26-24(29)16-12-22(28)27(14-16)18-7-8-19-20(13-18)31-10-9-30-19/h1-8,11,13,16,23H,9-10,12,14H2,(H,26,29)/t16-,23+/m1/s1. The van der Waals surface area contributed by atoms with Crippen LogP contribution in [0.4, 0.5) is 10.1 Å². The van der Waals surface area contributed by atoms with Crippen molar-refractivity contribution in [1.82, 2.24) is 5.32 Å². The third-order valence-corrected chi connectivity index (χ3v) is 6.59. The van der Waals surface area contributed by atoms with E-state index in [1.54, 1.807) is 35.2 Å². The highest BCUT2D eigenvalue weighted by molar-refractivity contribution is 7.10. The highest BCUT2D eigenvalue weighted by Gasteiger charge is 2.36. The van der Waals surface area contributed by atoms with E-state index in [-0.39, 0.29) is 30.6 Å². The van der Waals surface area contributed by atoms with Gasteiger partial charge < -0.3 is 19.7 Å². The number of anilines is 1. The Hall–Kier alpha value is -3.39. The lowest BCUT2D eigenvalue weighted by atomic mass is 10.0. The van der Waals surface area contributed by atoms with Crippen LogP contribution in [-0.2, 0) is 9.59 Å². The van der Waals surface area contributed by atoms with Crippen LogP contribution < -0.4 is 19.7 Å². The molecule has 1 saturated heterocycles. The van der Waals surface area contributed by atoms with E-state index in [0.29, 0.717) is 30.4 Å². The molecule has 0 aliphatic carbocycles. The number of rotatable bonds is 5. The lowest BCUT2D eigenvalue weighted by Crippen LogP contribution is -2.35. The summed E-state index contributed by atoms with van der Waals surface area (Å²) in [6, 6.07) is 14.9. The third kappa shape index (κ3) is 4.05. The number of amides is 2. The molecule has 2 aliphatic heterocycles. The van der Waals surface area contributed by atoms with Gasteiger partial charge in [-0.2, -0.15) is 0 Å². The summed E-state index contributed by atoms with van der Waals surface area (Å²) in [6.07, 6.45) is 0.126. The van der Waals surface area contributed by atoms with Crippen LogP contribution in [0.1, 0.15) is 22.9 Å². The molecular formula is C24H21FN2O4S. The first kappa shape index (κ1) is 20.5. The normalized spacial score (nSPS) is 18.5. The molecular weight excluding hydrogens is 431 g/mol. The molecule has 0 radical (unpaired) electrons. The van der Waals surface area contributed by atoms with Gasteiger partial charge in [-0.3, -0.25) is 9.59 Å². The summed E-state index contributed by atoms with van der Waals surface area (Å²) in [5, 5.41) is 5.00. The second-order valence-corrected chi connectivity index (χ2v) is 8.72. The summed E-state index contributed by atoms with van der Waals surface area (Å²) in [5.74, 6) is 0.111. The number of benzene rings is 2. The lowest BCUT2D eigenvalue weighted by Gasteiger charge is -2.23. The summed E-state index contributed by atoms with van der Waals surface area (Å²) in [6.45, 7) is 1.24. The molecule has 6 nitrogen and oxygen atoms in total. The molecule has 2 amide bonds. The van der Waals surface area contributed by atoms with Gasteiger partial charge in [0.1, 0.15) is 19.0 Å². The summed E-state index contributed by atoms with van der Waals surface area (Å²) in [5.41, 5.74) is 1.47. The fourth-order valence-corrected chi connectivity index (χ4v) is 4.82. The Morgan fingerprint density at radius 3 is 2.62 bits per heavy atom. The number of halogens is 1. The first-order chi connectivity index (χ1) is 15.6. The molecule has 1 aromatic heterocycles. The molecule has 2 atom stereocenters. The van der Waals surface area contributed by atoms with Crippen molar-refractivity contribution in [3.05, 3.63) is 76.2 Å². The second-order valence-electron chi connectivity index (χ2n) is 7.74. The molecule has 8 heteroatoms. The molecule has 5 rings (SSSR count). The monoisotopic (exact) mass is 452 g/mol. The number of carbonyl (C=O) groups is 2. The average Bonchev–Trinajstić information content (AvgIpc) is 3.48. The molecule has 0 bridgehead atoms. The van der Waals surface area contributed by atoms with Crippen LogP contribution in [0.25, 0.3) is 0 Å². The highest BCUT2D eigenvalue weighted by atomic mass is 32.1. The third-order valence-electron chi connectivity index (χ3n) is 5.65. The van der Waals surface area contributed by atoms with Gasteiger partial charge >= 0.3 is 0 Å². The second kappa shape index (κ2) is 8.63. The van der Waals surface area contributed by atoms with Crippen molar-refractivity contribution in [2.24, 2.45) is 5.92 Å². The van der Waals surface area contributed by atoms with Crippen molar-refractivity contribution in [2.45, 2.75) is 12.5 Å². The van der Waals surface area contributed by atoms with Gasteiger partial charge in [-0.05, 0) is 41.3 Å². The van der Waals surface area contributed by atoms with Crippen molar-refractivity contribution >= 4 is 28.8 Å². The first-order valence-electron chi connectivity index (χ1n) is 10.4. The fraction of sp³-hybridized carbons (Fsp3) is 0.250. The molecule has 32 heavy (non-hydrogen) atoms. The quantitative estimate of drug-likeness (QED) is 0.637. The zero-order valence-corrected chi connectivity index (χ0v) is 17.9. The van der Waals surface area contributed by atoms with E-state index in [4.69, 9.17) is 9.47 Å². The smallest absolute Gasteiger partial charge is 0.227 e. The minimum atomic E-state index is -0.487. The van der Waals surface area contributed by atoms with Gasteiger partial charge in [0, 0.05) is 29.6 Å². The molecule has 3 heterocycles. The topological polar surface area (TPSA) is 67.9 Å². The van der Waals surface area contributed by atoms with Crippen LogP contribution >= 0.6 is 11.3 Å². The van der Waals surface area contributed by atoms with Gasteiger partial charge in [0.05, 0.1) is 12.0 Å². The van der Waals surface area contributed by atoms with Gasteiger partial charge in [0.15, 0.2) is 11.5 Å². The molecule has 0 saturated carbocycles. The van der Waals surface area contributed by atoms with Crippen LogP contribution in [0.5, 0.6) is 11.5 Å². The van der Waals surface area contributed by atoms with E-state index < -0.39 is 12.0 Å². The molecule has 0 spiro atoms. The number of hydrogen-bond donors (Lipinski definition) is 1. The van der Waals surface area contributed by atoms with E-state index in [1.807, 2.05) is 17.5 Å². The zero-order valence-electron chi connectivity index (χ0n) is 17.1. The Morgan fingerprint density at radius 1 is 1.09 bits per heavy atom.